The number of anilines is 1. The maximum absolute atomic E-state index is 13.6. The van der Waals surface area contributed by atoms with E-state index in [0.29, 0.717) is 28.3 Å². The monoisotopic (exact) mass is 422 g/mol. The van der Waals surface area contributed by atoms with Gasteiger partial charge in [0.15, 0.2) is 4.96 Å². The maximum Gasteiger partial charge on any atom is 0.259 e. The van der Waals surface area contributed by atoms with Gasteiger partial charge in [0.2, 0.25) is 0 Å². The number of aromatic nitrogens is 2. The molecule has 0 fully saturated rings. The number of thiazole rings is 1. The lowest BCUT2D eigenvalue weighted by Gasteiger charge is -2.09. The summed E-state index contributed by atoms with van der Waals surface area (Å²) in [6.45, 7) is 2.39. The van der Waals surface area contributed by atoms with Crippen LogP contribution in [0.25, 0.3) is 4.96 Å². The third-order valence-electron chi connectivity index (χ3n) is 4.65. The molecule has 6 nitrogen and oxygen atoms in total. The Kier molecular flexibility index (Phi) is 5.58. The molecule has 0 spiro atoms. The van der Waals surface area contributed by atoms with E-state index in [9.17, 15) is 14.0 Å². The van der Waals surface area contributed by atoms with E-state index in [1.165, 1.54) is 23.5 Å². The van der Waals surface area contributed by atoms with Gasteiger partial charge in [0.05, 0.1) is 12.2 Å². The first kappa shape index (κ1) is 19.8. The van der Waals surface area contributed by atoms with E-state index in [1.807, 2.05) is 12.3 Å². The standard InChI is InChI=1S/C22H19FN4O2S/c1-14-13-30-22-26-18(10-20(28)27(14)22)12-24-17-8-6-15(7-9-17)21(29)25-11-16-4-2-3-5-19(16)23/h2-10,13,24H,11-12H2,1H3,(H,25,29). The summed E-state index contributed by atoms with van der Waals surface area (Å²) in [7, 11) is 0. The molecule has 0 unspecified atom stereocenters. The predicted octanol–water partition coefficient (Wildman–Crippen LogP) is 3.75. The lowest BCUT2D eigenvalue weighted by atomic mass is 10.1. The molecular formula is C22H19FN4O2S. The smallest absolute Gasteiger partial charge is 0.259 e. The summed E-state index contributed by atoms with van der Waals surface area (Å²) in [5.41, 5.74) is 3.13. The van der Waals surface area contributed by atoms with Crippen LogP contribution in [-0.4, -0.2) is 15.3 Å². The van der Waals surface area contributed by atoms with Crippen molar-refractivity contribution in [3.8, 4) is 0 Å². The molecule has 0 saturated heterocycles. The Morgan fingerprint density at radius 2 is 1.90 bits per heavy atom. The lowest BCUT2D eigenvalue weighted by Crippen LogP contribution is -2.23. The highest BCUT2D eigenvalue weighted by Gasteiger charge is 2.09. The number of aryl methyl sites for hydroxylation is 1. The van der Waals surface area contributed by atoms with Crippen LogP contribution in [0.1, 0.15) is 27.3 Å². The molecule has 4 rings (SSSR count). The Hall–Kier alpha value is -3.52. The largest absolute Gasteiger partial charge is 0.379 e. The van der Waals surface area contributed by atoms with Gasteiger partial charge in [-0.1, -0.05) is 18.2 Å². The Morgan fingerprint density at radius 1 is 1.13 bits per heavy atom. The normalized spacial score (nSPS) is 10.9. The van der Waals surface area contributed by atoms with Gasteiger partial charge >= 0.3 is 0 Å². The highest BCUT2D eigenvalue weighted by molar-refractivity contribution is 7.15. The van der Waals surface area contributed by atoms with Crippen molar-refractivity contribution >= 4 is 27.9 Å². The van der Waals surface area contributed by atoms with E-state index >= 15 is 0 Å². The van der Waals surface area contributed by atoms with Crippen molar-refractivity contribution in [1.82, 2.24) is 14.7 Å². The Morgan fingerprint density at radius 3 is 2.67 bits per heavy atom. The summed E-state index contributed by atoms with van der Waals surface area (Å²) < 4.78 is 15.2. The third-order valence-corrected chi connectivity index (χ3v) is 5.59. The molecule has 0 atom stereocenters. The zero-order chi connectivity index (χ0) is 21.1. The van der Waals surface area contributed by atoms with Crippen LogP contribution in [0.2, 0.25) is 0 Å². The van der Waals surface area contributed by atoms with Gasteiger partial charge in [0, 0.05) is 40.5 Å². The fourth-order valence-corrected chi connectivity index (χ4v) is 3.93. The van der Waals surface area contributed by atoms with Gasteiger partial charge in [-0.2, -0.15) is 0 Å². The minimum Gasteiger partial charge on any atom is -0.379 e. The number of carbonyl (C=O) groups excluding carboxylic acids is 1. The van der Waals surface area contributed by atoms with E-state index in [-0.39, 0.29) is 23.8 Å². The molecule has 0 saturated carbocycles. The van der Waals surface area contributed by atoms with Crippen LogP contribution in [0.3, 0.4) is 0 Å². The van der Waals surface area contributed by atoms with Crippen LogP contribution in [0.4, 0.5) is 10.1 Å². The van der Waals surface area contributed by atoms with Crippen molar-refractivity contribution in [3.63, 3.8) is 0 Å². The molecule has 30 heavy (non-hydrogen) atoms. The number of hydrogen-bond donors (Lipinski definition) is 2. The van der Waals surface area contributed by atoms with Gasteiger partial charge < -0.3 is 10.6 Å². The van der Waals surface area contributed by atoms with Gasteiger partial charge in [-0.15, -0.1) is 11.3 Å². The fourth-order valence-electron chi connectivity index (χ4n) is 3.04. The van der Waals surface area contributed by atoms with Crippen molar-refractivity contribution in [3.05, 3.63) is 98.7 Å². The second kappa shape index (κ2) is 8.46. The van der Waals surface area contributed by atoms with Gasteiger partial charge in [-0.3, -0.25) is 14.0 Å². The van der Waals surface area contributed by atoms with Gasteiger partial charge in [0.1, 0.15) is 5.82 Å². The molecule has 152 valence electrons. The topological polar surface area (TPSA) is 75.5 Å². The van der Waals surface area contributed by atoms with Crippen LogP contribution in [0.15, 0.2) is 64.8 Å². The van der Waals surface area contributed by atoms with Crippen molar-refractivity contribution in [2.75, 3.05) is 5.32 Å². The maximum atomic E-state index is 13.6. The van der Waals surface area contributed by atoms with Crippen LogP contribution in [0, 0.1) is 12.7 Å². The Balaban J connectivity index is 1.37. The molecule has 2 N–H and O–H groups in total. The summed E-state index contributed by atoms with van der Waals surface area (Å²) in [5, 5.41) is 7.82. The van der Waals surface area contributed by atoms with Crippen molar-refractivity contribution in [1.29, 1.82) is 0 Å². The van der Waals surface area contributed by atoms with Gasteiger partial charge in [-0.25, -0.2) is 9.37 Å². The van der Waals surface area contributed by atoms with E-state index in [1.54, 1.807) is 46.9 Å². The molecule has 0 aliphatic carbocycles. The zero-order valence-corrected chi connectivity index (χ0v) is 17.0. The fraction of sp³-hybridized carbons (Fsp3) is 0.136. The Labute approximate surface area is 176 Å². The van der Waals surface area contributed by atoms with Crippen LogP contribution in [-0.2, 0) is 13.1 Å². The number of benzene rings is 2. The van der Waals surface area contributed by atoms with Gasteiger partial charge in [0.25, 0.3) is 11.5 Å². The molecule has 2 aromatic carbocycles. The van der Waals surface area contributed by atoms with Crippen molar-refractivity contribution in [2.45, 2.75) is 20.0 Å². The molecule has 2 aromatic heterocycles. The van der Waals surface area contributed by atoms with E-state index in [4.69, 9.17) is 0 Å². The number of hydrogen-bond acceptors (Lipinski definition) is 5. The molecule has 0 aliphatic heterocycles. The first-order chi connectivity index (χ1) is 14.5. The minimum absolute atomic E-state index is 0.0996. The number of carbonyl (C=O) groups is 1. The highest BCUT2D eigenvalue weighted by atomic mass is 32.1. The molecule has 4 aromatic rings. The molecular weight excluding hydrogens is 403 g/mol. The van der Waals surface area contributed by atoms with E-state index in [0.717, 1.165) is 11.4 Å². The molecule has 0 aliphatic rings. The number of nitrogens with zero attached hydrogens (tertiary/aromatic N) is 2. The summed E-state index contributed by atoms with van der Waals surface area (Å²) in [6, 6.07) is 14.8. The third kappa shape index (κ3) is 4.23. The number of rotatable bonds is 6. The second-order valence-corrected chi connectivity index (χ2v) is 7.62. The Bertz CT molecular complexity index is 1260. The summed E-state index contributed by atoms with van der Waals surface area (Å²) in [4.78, 5) is 29.7. The molecule has 1 amide bonds. The average molecular weight is 422 g/mol. The number of amides is 1. The minimum atomic E-state index is -0.346. The molecule has 8 heteroatoms. The highest BCUT2D eigenvalue weighted by Crippen LogP contribution is 2.14. The van der Waals surface area contributed by atoms with E-state index in [2.05, 4.69) is 15.6 Å². The molecule has 0 bridgehead atoms. The van der Waals surface area contributed by atoms with Crippen molar-refractivity contribution in [2.24, 2.45) is 0 Å². The van der Waals surface area contributed by atoms with Crippen LogP contribution in [0.5, 0.6) is 0 Å². The average Bonchev–Trinajstić information content (AvgIpc) is 3.13. The molecule has 0 radical (unpaired) electrons. The number of nitrogens with one attached hydrogen (secondary N) is 2. The molecule has 2 heterocycles. The van der Waals surface area contributed by atoms with E-state index < -0.39 is 0 Å². The first-order valence-corrected chi connectivity index (χ1v) is 10.2. The quantitative estimate of drug-likeness (QED) is 0.496. The number of halogens is 1. The predicted molar refractivity (Wildman–Crippen MR) is 115 cm³/mol. The first-order valence-electron chi connectivity index (χ1n) is 9.33. The summed E-state index contributed by atoms with van der Waals surface area (Å²) in [6.07, 6.45) is 0. The van der Waals surface area contributed by atoms with Crippen LogP contribution < -0.4 is 16.2 Å². The second-order valence-electron chi connectivity index (χ2n) is 6.79. The zero-order valence-electron chi connectivity index (χ0n) is 16.2. The summed E-state index contributed by atoms with van der Waals surface area (Å²) >= 11 is 1.43. The van der Waals surface area contributed by atoms with Crippen molar-refractivity contribution < 1.29 is 9.18 Å². The number of fused-ring (bicyclic) bond motifs is 1. The summed E-state index contributed by atoms with van der Waals surface area (Å²) in [5.74, 6) is -0.625. The lowest BCUT2D eigenvalue weighted by molar-refractivity contribution is 0.0950. The van der Waals surface area contributed by atoms with Crippen LogP contribution >= 0.6 is 11.3 Å². The van der Waals surface area contributed by atoms with Gasteiger partial charge in [-0.05, 0) is 37.3 Å². The SMILES string of the molecule is Cc1csc2nc(CNc3ccc(C(=O)NCc4ccccc4F)cc3)cc(=O)n12.